The van der Waals surface area contributed by atoms with Gasteiger partial charge in [0.05, 0.1) is 0 Å². The lowest BCUT2D eigenvalue weighted by molar-refractivity contribution is -0.117. The van der Waals surface area contributed by atoms with Crippen LogP contribution in [0.1, 0.15) is 144 Å². The van der Waals surface area contributed by atoms with E-state index in [4.69, 9.17) is 0 Å². The van der Waals surface area contributed by atoms with Crippen LogP contribution < -0.4 is 0 Å². The fourth-order valence-electron chi connectivity index (χ4n) is 3.58. The Labute approximate surface area is 160 Å². The second-order valence-corrected chi connectivity index (χ2v) is 8.07. The molecule has 0 spiro atoms. The maximum Gasteiger partial charge on any atom is 0.129 e. The van der Waals surface area contributed by atoms with Crippen molar-refractivity contribution in [3.63, 3.8) is 0 Å². The van der Waals surface area contributed by atoms with Gasteiger partial charge < -0.3 is 4.79 Å². The summed E-state index contributed by atoms with van der Waals surface area (Å²) in [5.74, 6) is 0.318. The van der Waals surface area contributed by atoms with Gasteiger partial charge in [0.1, 0.15) is 5.78 Å². The van der Waals surface area contributed by atoms with E-state index in [2.05, 4.69) is 34.6 Å². The number of carbonyl (C=O) groups excluding carboxylic acids is 1. The summed E-state index contributed by atoms with van der Waals surface area (Å²) in [5, 5.41) is 0. The molecule has 0 aromatic heterocycles. The smallest absolute Gasteiger partial charge is 0.129 e. The van der Waals surface area contributed by atoms with Gasteiger partial charge >= 0.3 is 0 Å². The number of hydrogen-bond donors (Lipinski definition) is 0. The minimum atomic E-state index is 0.318. The molecule has 0 atom stereocenters. The van der Waals surface area contributed by atoms with E-state index < -0.39 is 0 Å². The normalized spacial score (nSPS) is 11.1. The maximum absolute atomic E-state index is 10.3. The molecule has 0 aromatic carbocycles. The number of carbonyl (C=O) groups is 1. The SMILES string of the molecule is CCCCC(CCCC)(CCCC)CCCC.CCCCCC(C)=O. The minimum Gasteiger partial charge on any atom is -0.300 e. The molecular weight excluding hydrogens is 304 g/mol. The zero-order chi connectivity index (χ0) is 19.4. The third-order valence-electron chi connectivity index (χ3n) is 5.38. The van der Waals surface area contributed by atoms with Crippen LogP contribution in [0.25, 0.3) is 0 Å². The molecule has 152 valence electrons. The lowest BCUT2D eigenvalue weighted by Crippen LogP contribution is -2.21. The second kappa shape index (κ2) is 20.0. The first-order valence-corrected chi connectivity index (χ1v) is 11.5. The predicted octanol–water partition coefficient (Wildman–Crippen LogP) is 8.89. The molecular formula is C24H50O. The van der Waals surface area contributed by atoms with Crippen molar-refractivity contribution in [2.75, 3.05) is 0 Å². The maximum atomic E-state index is 10.3. The summed E-state index contributed by atoms with van der Waals surface area (Å²) in [5.41, 5.74) is 0.706. The fourth-order valence-corrected chi connectivity index (χ4v) is 3.58. The van der Waals surface area contributed by atoms with Gasteiger partial charge in [-0.2, -0.15) is 0 Å². The van der Waals surface area contributed by atoms with Gasteiger partial charge in [-0.1, -0.05) is 98.8 Å². The van der Waals surface area contributed by atoms with Crippen LogP contribution in [0.4, 0.5) is 0 Å². The van der Waals surface area contributed by atoms with Gasteiger partial charge in [0.15, 0.2) is 0 Å². The molecule has 1 heteroatoms. The van der Waals surface area contributed by atoms with Crippen molar-refractivity contribution in [1.82, 2.24) is 0 Å². The number of Topliss-reactive ketones (excluding diaryl/α,β-unsaturated/α-hetero) is 1. The van der Waals surface area contributed by atoms with Crippen LogP contribution in [0.15, 0.2) is 0 Å². The van der Waals surface area contributed by atoms with Crippen LogP contribution in [-0.4, -0.2) is 5.78 Å². The Morgan fingerprint density at radius 2 is 0.880 bits per heavy atom. The topological polar surface area (TPSA) is 17.1 Å². The number of rotatable bonds is 16. The molecule has 0 radical (unpaired) electrons. The van der Waals surface area contributed by atoms with E-state index in [-0.39, 0.29) is 0 Å². The molecule has 0 amide bonds. The van der Waals surface area contributed by atoms with Crippen LogP contribution in [0.2, 0.25) is 0 Å². The summed E-state index contributed by atoms with van der Waals surface area (Å²) < 4.78 is 0. The summed E-state index contributed by atoms with van der Waals surface area (Å²) in [6.45, 7) is 13.1. The number of hydrogen-bond acceptors (Lipinski definition) is 1. The van der Waals surface area contributed by atoms with Gasteiger partial charge in [0.25, 0.3) is 0 Å². The highest BCUT2D eigenvalue weighted by atomic mass is 16.1. The Morgan fingerprint density at radius 1 is 0.560 bits per heavy atom. The van der Waals surface area contributed by atoms with Crippen LogP contribution in [-0.2, 0) is 4.79 Å². The molecule has 0 fully saturated rings. The van der Waals surface area contributed by atoms with E-state index in [1.807, 2.05) is 0 Å². The van der Waals surface area contributed by atoms with Gasteiger partial charge in [-0.3, -0.25) is 0 Å². The molecule has 0 unspecified atom stereocenters. The van der Waals surface area contributed by atoms with Gasteiger partial charge in [0.2, 0.25) is 0 Å². The van der Waals surface area contributed by atoms with Crippen molar-refractivity contribution in [3.05, 3.63) is 0 Å². The van der Waals surface area contributed by atoms with Crippen molar-refractivity contribution in [2.45, 2.75) is 144 Å². The highest BCUT2D eigenvalue weighted by Gasteiger charge is 2.27. The lowest BCUT2D eigenvalue weighted by atomic mass is 9.71. The molecule has 0 rings (SSSR count). The van der Waals surface area contributed by atoms with Crippen molar-refractivity contribution in [3.8, 4) is 0 Å². The average Bonchev–Trinajstić information content (AvgIpc) is 2.61. The lowest BCUT2D eigenvalue weighted by Gasteiger charge is -2.34. The molecule has 0 aliphatic heterocycles. The van der Waals surface area contributed by atoms with Crippen LogP contribution in [0.3, 0.4) is 0 Å². The summed E-state index contributed by atoms with van der Waals surface area (Å²) in [4.78, 5) is 10.3. The molecule has 0 aromatic rings. The predicted molar refractivity (Wildman–Crippen MR) is 115 cm³/mol. The van der Waals surface area contributed by atoms with Gasteiger partial charge in [-0.25, -0.2) is 0 Å². The summed E-state index contributed by atoms with van der Waals surface area (Å²) in [7, 11) is 0. The van der Waals surface area contributed by atoms with Gasteiger partial charge in [-0.15, -0.1) is 0 Å². The molecule has 0 saturated heterocycles. The zero-order valence-corrected chi connectivity index (χ0v) is 18.7. The van der Waals surface area contributed by atoms with Crippen molar-refractivity contribution in [1.29, 1.82) is 0 Å². The van der Waals surface area contributed by atoms with Crippen molar-refractivity contribution in [2.24, 2.45) is 5.41 Å². The largest absolute Gasteiger partial charge is 0.300 e. The second-order valence-electron chi connectivity index (χ2n) is 8.07. The van der Waals surface area contributed by atoms with Crippen LogP contribution in [0, 0.1) is 5.41 Å². The van der Waals surface area contributed by atoms with E-state index >= 15 is 0 Å². The minimum absolute atomic E-state index is 0.318. The molecule has 1 nitrogen and oxygen atoms in total. The zero-order valence-electron chi connectivity index (χ0n) is 18.7. The Kier molecular flexibility index (Phi) is 21.5. The quantitative estimate of drug-likeness (QED) is 0.253. The van der Waals surface area contributed by atoms with Crippen molar-refractivity contribution >= 4 is 5.78 Å². The van der Waals surface area contributed by atoms with Crippen LogP contribution in [0.5, 0.6) is 0 Å². The average molecular weight is 355 g/mol. The number of ketones is 1. The van der Waals surface area contributed by atoms with E-state index in [1.54, 1.807) is 6.92 Å². The monoisotopic (exact) mass is 354 g/mol. The van der Waals surface area contributed by atoms with E-state index in [0.717, 1.165) is 12.8 Å². The summed E-state index contributed by atoms with van der Waals surface area (Å²) in [6, 6.07) is 0. The Bertz CT molecular complexity index is 232. The summed E-state index contributed by atoms with van der Waals surface area (Å²) >= 11 is 0. The standard InChI is InChI=1S/C17H36.C7H14O/c1-5-9-13-17(14-10-6-2,15-11-7-3)16-12-8-4;1-3-4-5-6-7(2)8/h5-16H2,1-4H3;3-6H2,1-2H3. The van der Waals surface area contributed by atoms with E-state index in [9.17, 15) is 4.79 Å². The van der Waals surface area contributed by atoms with Crippen molar-refractivity contribution < 1.29 is 4.79 Å². The Morgan fingerprint density at radius 3 is 1.12 bits per heavy atom. The summed E-state index contributed by atoms with van der Waals surface area (Å²) in [6.07, 6.45) is 21.4. The van der Waals surface area contributed by atoms with Gasteiger partial charge in [-0.05, 0) is 44.4 Å². The Hall–Kier alpha value is -0.330. The molecule has 0 N–H and O–H groups in total. The molecule has 0 aliphatic carbocycles. The van der Waals surface area contributed by atoms with E-state index in [1.165, 1.54) is 89.9 Å². The van der Waals surface area contributed by atoms with E-state index in [0.29, 0.717) is 11.2 Å². The highest BCUT2D eigenvalue weighted by molar-refractivity contribution is 5.75. The molecule has 0 bridgehead atoms. The first-order chi connectivity index (χ1) is 12.0. The fraction of sp³-hybridized carbons (Fsp3) is 0.958. The molecule has 0 aliphatic rings. The molecule has 0 heterocycles. The molecule has 0 saturated carbocycles. The first-order valence-electron chi connectivity index (χ1n) is 11.5. The highest BCUT2D eigenvalue weighted by Crippen LogP contribution is 2.41. The molecule has 25 heavy (non-hydrogen) atoms. The number of unbranched alkanes of at least 4 members (excludes halogenated alkanes) is 6. The van der Waals surface area contributed by atoms with Crippen LogP contribution >= 0.6 is 0 Å². The van der Waals surface area contributed by atoms with Gasteiger partial charge in [0, 0.05) is 6.42 Å². The third kappa shape index (κ3) is 18.3. The first kappa shape index (κ1) is 26.9. The Balaban J connectivity index is 0. The third-order valence-corrected chi connectivity index (χ3v) is 5.38.